The molecule has 6 heteroatoms. The molecule has 0 amide bonds. The molecule has 0 saturated heterocycles. The van der Waals surface area contributed by atoms with Gasteiger partial charge in [0.2, 0.25) is 11.7 Å². The van der Waals surface area contributed by atoms with Gasteiger partial charge in [-0.05, 0) is 12.8 Å². The molecule has 17 heavy (non-hydrogen) atoms. The topological polar surface area (TPSA) is 94.4 Å². The molecule has 0 spiro atoms. The lowest BCUT2D eigenvalue weighted by molar-refractivity contribution is -0.0527. The molecule has 2 rings (SSSR count). The van der Waals surface area contributed by atoms with Gasteiger partial charge in [-0.25, -0.2) is 0 Å². The molecule has 0 aromatic carbocycles. The fourth-order valence-corrected chi connectivity index (χ4v) is 2.29. The second-order valence-electron chi connectivity index (χ2n) is 4.50. The fourth-order valence-electron chi connectivity index (χ4n) is 2.29. The SMILES string of the molecule is COC1(c2noc([C@@H](N)CO)n2)CCCCC1. The van der Waals surface area contributed by atoms with Gasteiger partial charge in [-0.2, -0.15) is 4.98 Å². The predicted octanol–water partition coefficient (Wildman–Crippen LogP) is 0.867. The summed E-state index contributed by atoms with van der Waals surface area (Å²) in [6, 6.07) is -0.617. The first-order valence-electron chi connectivity index (χ1n) is 5.97. The van der Waals surface area contributed by atoms with Crippen molar-refractivity contribution >= 4 is 0 Å². The number of aromatic nitrogens is 2. The van der Waals surface area contributed by atoms with E-state index in [4.69, 9.17) is 20.1 Å². The molecule has 1 aromatic heterocycles. The summed E-state index contributed by atoms with van der Waals surface area (Å²) in [6.07, 6.45) is 5.22. The van der Waals surface area contributed by atoms with Gasteiger partial charge in [0.1, 0.15) is 11.6 Å². The maximum absolute atomic E-state index is 8.95. The lowest BCUT2D eigenvalue weighted by Crippen LogP contribution is -2.32. The Balaban J connectivity index is 2.22. The minimum absolute atomic E-state index is 0.207. The third kappa shape index (κ3) is 2.34. The quantitative estimate of drug-likeness (QED) is 0.812. The zero-order valence-electron chi connectivity index (χ0n) is 10.1. The van der Waals surface area contributed by atoms with E-state index in [1.165, 1.54) is 6.42 Å². The molecule has 96 valence electrons. The summed E-state index contributed by atoms with van der Waals surface area (Å²) in [7, 11) is 1.67. The van der Waals surface area contributed by atoms with Crippen molar-refractivity contribution in [1.82, 2.24) is 10.1 Å². The van der Waals surface area contributed by atoms with E-state index in [1.54, 1.807) is 7.11 Å². The van der Waals surface area contributed by atoms with Crippen LogP contribution in [-0.4, -0.2) is 29.0 Å². The normalized spacial score (nSPS) is 21.4. The highest BCUT2D eigenvalue weighted by molar-refractivity contribution is 5.04. The second-order valence-corrected chi connectivity index (χ2v) is 4.50. The van der Waals surface area contributed by atoms with Crippen LogP contribution in [0.1, 0.15) is 49.9 Å². The molecule has 1 atom stereocenters. The van der Waals surface area contributed by atoms with Crippen molar-refractivity contribution in [2.75, 3.05) is 13.7 Å². The smallest absolute Gasteiger partial charge is 0.246 e. The van der Waals surface area contributed by atoms with E-state index in [0.29, 0.717) is 5.82 Å². The predicted molar refractivity (Wildman–Crippen MR) is 60.1 cm³/mol. The number of nitrogens with two attached hydrogens (primary N) is 1. The molecule has 0 aliphatic heterocycles. The molecule has 0 bridgehead atoms. The van der Waals surface area contributed by atoms with Gasteiger partial charge < -0.3 is 20.1 Å². The van der Waals surface area contributed by atoms with E-state index in [1.807, 2.05) is 0 Å². The Hall–Kier alpha value is -0.980. The van der Waals surface area contributed by atoms with Gasteiger partial charge in [0.25, 0.3) is 0 Å². The number of rotatable bonds is 4. The van der Waals surface area contributed by atoms with E-state index in [2.05, 4.69) is 10.1 Å². The third-order valence-electron chi connectivity index (χ3n) is 3.42. The molecule has 3 N–H and O–H groups in total. The molecule has 1 saturated carbocycles. The summed E-state index contributed by atoms with van der Waals surface area (Å²) < 4.78 is 10.7. The number of hydrogen-bond donors (Lipinski definition) is 2. The molecule has 1 aliphatic carbocycles. The molecule has 1 fully saturated rings. The van der Waals surface area contributed by atoms with Crippen molar-refractivity contribution in [3.05, 3.63) is 11.7 Å². The first kappa shape index (κ1) is 12.5. The van der Waals surface area contributed by atoms with Crippen LogP contribution < -0.4 is 5.73 Å². The Kier molecular flexibility index (Phi) is 3.76. The van der Waals surface area contributed by atoms with E-state index in [-0.39, 0.29) is 12.5 Å². The maximum atomic E-state index is 8.95. The average Bonchev–Trinajstić information content (AvgIpc) is 2.88. The fraction of sp³-hybridized carbons (Fsp3) is 0.818. The highest BCUT2D eigenvalue weighted by atomic mass is 16.5. The molecule has 0 radical (unpaired) electrons. The number of aliphatic hydroxyl groups is 1. The number of hydrogen-bond acceptors (Lipinski definition) is 6. The molecular formula is C11H19N3O3. The zero-order chi connectivity index (χ0) is 12.3. The Morgan fingerprint density at radius 3 is 2.76 bits per heavy atom. The molecule has 1 heterocycles. The Morgan fingerprint density at radius 2 is 2.18 bits per heavy atom. The van der Waals surface area contributed by atoms with Crippen molar-refractivity contribution in [3.8, 4) is 0 Å². The van der Waals surface area contributed by atoms with Gasteiger partial charge in [-0.15, -0.1) is 0 Å². The monoisotopic (exact) mass is 241 g/mol. The van der Waals surface area contributed by atoms with Crippen LogP contribution in [-0.2, 0) is 10.3 Å². The summed E-state index contributed by atoms with van der Waals surface area (Å²) >= 11 is 0. The van der Waals surface area contributed by atoms with Gasteiger partial charge in [0.15, 0.2) is 0 Å². The highest BCUT2D eigenvalue weighted by Crippen LogP contribution is 2.38. The minimum Gasteiger partial charge on any atom is -0.394 e. The van der Waals surface area contributed by atoms with Crippen LogP contribution in [0.25, 0.3) is 0 Å². The van der Waals surface area contributed by atoms with Gasteiger partial charge in [-0.3, -0.25) is 0 Å². The summed E-state index contributed by atoms with van der Waals surface area (Å²) in [4.78, 5) is 4.26. The van der Waals surface area contributed by atoms with Crippen molar-refractivity contribution in [2.45, 2.75) is 43.7 Å². The van der Waals surface area contributed by atoms with Gasteiger partial charge in [0.05, 0.1) is 6.61 Å². The summed E-state index contributed by atoms with van der Waals surface area (Å²) in [5, 5.41) is 12.9. The number of aliphatic hydroxyl groups excluding tert-OH is 1. The van der Waals surface area contributed by atoms with Crippen molar-refractivity contribution < 1.29 is 14.4 Å². The molecular weight excluding hydrogens is 222 g/mol. The van der Waals surface area contributed by atoms with Crippen LogP contribution >= 0.6 is 0 Å². The van der Waals surface area contributed by atoms with Gasteiger partial charge >= 0.3 is 0 Å². The van der Waals surface area contributed by atoms with Crippen molar-refractivity contribution in [2.24, 2.45) is 5.73 Å². The van der Waals surface area contributed by atoms with E-state index < -0.39 is 11.6 Å². The van der Waals surface area contributed by atoms with Crippen LogP contribution in [0.5, 0.6) is 0 Å². The van der Waals surface area contributed by atoms with Crippen molar-refractivity contribution in [3.63, 3.8) is 0 Å². The average molecular weight is 241 g/mol. The van der Waals surface area contributed by atoms with E-state index >= 15 is 0 Å². The van der Waals surface area contributed by atoms with Crippen molar-refractivity contribution in [1.29, 1.82) is 0 Å². The molecule has 1 aliphatic rings. The maximum Gasteiger partial charge on any atom is 0.246 e. The van der Waals surface area contributed by atoms with Gasteiger partial charge in [-0.1, -0.05) is 24.4 Å². The molecule has 1 aromatic rings. The molecule has 6 nitrogen and oxygen atoms in total. The lowest BCUT2D eigenvalue weighted by atomic mass is 9.84. The number of nitrogens with zero attached hydrogens (tertiary/aromatic N) is 2. The Morgan fingerprint density at radius 1 is 1.47 bits per heavy atom. The standard InChI is InChI=1S/C11H19N3O3/c1-16-11(5-3-2-4-6-11)10-13-9(17-14-10)8(12)7-15/h8,15H,2-7,12H2,1H3/t8-/m0/s1. The first-order valence-corrected chi connectivity index (χ1v) is 5.97. The van der Waals surface area contributed by atoms with Crippen LogP contribution in [0.2, 0.25) is 0 Å². The Labute approximate surface area is 100 Å². The summed E-state index contributed by atoms with van der Waals surface area (Å²) in [5.74, 6) is 0.822. The zero-order valence-corrected chi connectivity index (χ0v) is 10.1. The summed E-state index contributed by atoms with van der Waals surface area (Å²) in [6.45, 7) is -0.207. The largest absolute Gasteiger partial charge is 0.394 e. The number of methoxy groups -OCH3 is 1. The van der Waals surface area contributed by atoms with Crippen LogP contribution in [0.4, 0.5) is 0 Å². The lowest BCUT2D eigenvalue weighted by Gasteiger charge is -2.32. The van der Waals surface area contributed by atoms with Gasteiger partial charge in [0, 0.05) is 7.11 Å². The summed E-state index contributed by atoms with van der Waals surface area (Å²) in [5.41, 5.74) is 5.20. The van der Waals surface area contributed by atoms with Crippen LogP contribution in [0.3, 0.4) is 0 Å². The van der Waals surface area contributed by atoms with E-state index in [9.17, 15) is 0 Å². The molecule has 0 unspecified atom stereocenters. The first-order chi connectivity index (χ1) is 8.22. The Bertz CT molecular complexity index is 361. The van der Waals surface area contributed by atoms with E-state index in [0.717, 1.165) is 25.7 Å². The minimum atomic E-state index is -0.617. The number of ether oxygens (including phenoxy) is 1. The van der Waals surface area contributed by atoms with Crippen LogP contribution in [0.15, 0.2) is 4.52 Å². The third-order valence-corrected chi connectivity index (χ3v) is 3.42. The van der Waals surface area contributed by atoms with Crippen LogP contribution in [0, 0.1) is 0 Å². The second kappa shape index (κ2) is 5.12. The highest BCUT2D eigenvalue weighted by Gasteiger charge is 2.38.